The first-order valence-corrected chi connectivity index (χ1v) is 9.84. The largest absolute Gasteiger partial charge is 0.491 e. The highest BCUT2D eigenvalue weighted by molar-refractivity contribution is 6.00. The van der Waals surface area contributed by atoms with E-state index >= 15 is 0 Å². The molecule has 0 aliphatic carbocycles. The molecule has 0 fully saturated rings. The summed E-state index contributed by atoms with van der Waals surface area (Å²) in [6.45, 7) is 2.26. The van der Waals surface area contributed by atoms with Crippen molar-refractivity contribution in [2.24, 2.45) is 0 Å². The van der Waals surface area contributed by atoms with Crippen LogP contribution in [0.1, 0.15) is 57.6 Å². The van der Waals surface area contributed by atoms with Gasteiger partial charge in [-0.1, -0.05) is 6.07 Å². The van der Waals surface area contributed by atoms with E-state index in [9.17, 15) is 28.3 Å². The number of carbonyl (C=O) groups excluding carboxylic acids is 2. The molecule has 3 heterocycles. The monoisotopic (exact) mass is 433 g/mol. The van der Waals surface area contributed by atoms with E-state index in [1.165, 1.54) is 17.7 Å². The molecule has 0 saturated heterocycles. The first-order chi connectivity index (χ1) is 14.8. The Morgan fingerprint density at radius 3 is 2.71 bits per heavy atom. The van der Waals surface area contributed by atoms with Crippen molar-refractivity contribution >= 4 is 11.8 Å². The van der Waals surface area contributed by atoms with Gasteiger partial charge >= 0.3 is 0 Å². The number of benzene rings is 1. The summed E-state index contributed by atoms with van der Waals surface area (Å²) < 4.78 is 33.7. The Kier molecular flexibility index (Phi) is 5.26. The average Bonchev–Trinajstić information content (AvgIpc) is 3.05. The molecule has 164 valence electrons. The van der Waals surface area contributed by atoms with E-state index in [0.29, 0.717) is 19.2 Å². The lowest BCUT2D eigenvalue weighted by molar-refractivity contribution is 0.0667. The molecule has 31 heavy (non-hydrogen) atoms. The van der Waals surface area contributed by atoms with Crippen molar-refractivity contribution < 1.29 is 28.2 Å². The van der Waals surface area contributed by atoms with Crippen LogP contribution in [0.15, 0.2) is 23.0 Å². The summed E-state index contributed by atoms with van der Waals surface area (Å²) in [4.78, 5) is 40.5. The predicted molar refractivity (Wildman–Crippen MR) is 105 cm³/mol. The lowest BCUT2D eigenvalue weighted by atomic mass is 10.1. The van der Waals surface area contributed by atoms with Gasteiger partial charge in [0.2, 0.25) is 5.43 Å². The van der Waals surface area contributed by atoms with E-state index in [4.69, 9.17) is 4.74 Å². The molecule has 4 rings (SSSR count). The summed E-state index contributed by atoms with van der Waals surface area (Å²) in [5, 5.41) is 13.1. The van der Waals surface area contributed by atoms with Gasteiger partial charge in [-0.15, -0.1) is 0 Å². The number of hydrogen-bond acceptors (Lipinski definition) is 5. The second-order valence-electron chi connectivity index (χ2n) is 7.51. The maximum Gasteiger partial charge on any atom is 0.274 e. The number of aromatic nitrogens is 1. The zero-order chi connectivity index (χ0) is 22.4. The Balaban J connectivity index is 1.78. The van der Waals surface area contributed by atoms with Crippen LogP contribution in [0.4, 0.5) is 8.78 Å². The molecule has 2 amide bonds. The van der Waals surface area contributed by atoms with E-state index < -0.39 is 35.0 Å². The van der Waals surface area contributed by atoms with Gasteiger partial charge in [-0.3, -0.25) is 14.4 Å². The van der Waals surface area contributed by atoms with Crippen molar-refractivity contribution in [2.75, 3.05) is 20.2 Å². The number of halogens is 2. The standard InChI is InChI=1S/C21H21F2N3O5/c1-3-25-9-12-7-14(27)16-15(18(28)19(31-2)17(21(25)30)26(12)16)20(29)24-8-10-4-5-11(22)6-13(10)23/h4-6,12,14,27H,3,7-9H2,1-2H3,(H,24,29). The van der Waals surface area contributed by atoms with Crippen molar-refractivity contribution in [1.29, 1.82) is 0 Å². The second kappa shape index (κ2) is 7.77. The molecule has 2 N–H and O–H groups in total. The smallest absolute Gasteiger partial charge is 0.274 e. The first kappa shape index (κ1) is 21.0. The zero-order valence-electron chi connectivity index (χ0n) is 16.9. The highest BCUT2D eigenvalue weighted by atomic mass is 19.1. The van der Waals surface area contributed by atoms with Gasteiger partial charge in [-0.2, -0.15) is 0 Å². The number of methoxy groups -OCH3 is 1. The molecule has 8 nitrogen and oxygen atoms in total. The summed E-state index contributed by atoms with van der Waals surface area (Å²) in [7, 11) is 1.23. The Labute approximate surface area is 176 Å². The molecular formula is C21H21F2N3O5. The van der Waals surface area contributed by atoms with Gasteiger partial charge in [0.05, 0.1) is 24.9 Å². The normalized spacial score (nSPS) is 19.4. The number of likely N-dealkylation sites (N-methyl/N-ethyl adjacent to an activating group) is 1. The van der Waals surface area contributed by atoms with Gasteiger partial charge < -0.3 is 24.6 Å². The van der Waals surface area contributed by atoms with Crippen LogP contribution in [0.2, 0.25) is 0 Å². The minimum Gasteiger partial charge on any atom is -0.491 e. The second-order valence-corrected chi connectivity index (χ2v) is 7.51. The molecule has 10 heteroatoms. The van der Waals surface area contributed by atoms with Crippen molar-refractivity contribution in [2.45, 2.75) is 32.0 Å². The van der Waals surface area contributed by atoms with E-state index in [1.54, 1.807) is 11.8 Å². The van der Waals surface area contributed by atoms with Crippen molar-refractivity contribution in [3.05, 3.63) is 62.6 Å². The summed E-state index contributed by atoms with van der Waals surface area (Å²) in [6, 6.07) is 2.62. The van der Waals surface area contributed by atoms with E-state index in [-0.39, 0.29) is 47.3 Å². The minimum atomic E-state index is -1.13. The molecule has 1 aromatic carbocycles. The highest BCUT2D eigenvalue weighted by Crippen LogP contribution is 2.42. The third kappa shape index (κ3) is 3.27. The van der Waals surface area contributed by atoms with E-state index in [2.05, 4.69) is 5.32 Å². The van der Waals surface area contributed by atoms with Crippen LogP contribution < -0.4 is 15.5 Å². The SMILES string of the molecule is CCN1CC2CC(O)c3c(C(=O)NCc4ccc(F)cc4F)c(=O)c(OC)c(n32)C1=O. The Hall–Kier alpha value is -3.27. The van der Waals surface area contributed by atoms with Crippen LogP contribution in [-0.4, -0.2) is 46.6 Å². The third-order valence-electron chi connectivity index (χ3n) is 5.77. The summed E-state index contributed by atoms with van der Waals surface area (Å²) in [5.74, 6) is -3.12. The molecule has 2 aliphatic rings. The topological polar surface area (TPSA) is 101 Å². The Morgan fingerprint density at radius 1 is 1.32 bits per heavy atom. The molecule has 2 unspecified atom stereocenters. The Morgan fingerprint density at radius 2 is 2.06 bits per heavy atom. The van der Waals surface area contributed by atoms with Gasteiger partial charge in [0.15, 0.2) is 11.4 Å². The molecule has 1 aromatic heterocycles. The van der Waals surface area contributed by atoms with Crippen LogP contribution in [-0.2, 0) is 6.54 Å². The van der Waals surface area contributed by atoms with Crippen LogP contribution in [0, 0.1) is 11.6 Å². The van der Waals surface area contributed by atoms with E-state index in [0.717, 1.165) is 6.07 Å². The van der Waals surface area contributed by atoms with Crippen LogP contribution in [0.3, 0.4) is 0 Å². The number of rotatable bonds is 5. The fraction of sp³-hybridized carbons (Fsp3) is 0.381. The molecule has 0 saturated carbocycles. The van der Waals surface area contributed by atoms with Gasteiger partial charge in [0, 0.05) is 37.7 Å². The highest BCUT2D eigenvalue weighted by Gasteiger charge is 2.44. The number of amides is 2. The molecule has 2 atom stereocenters. The minimum absolute atomic E-state index is 0.0123. The molecule has 0 spiro atoms. The van der Waals surface area contributed by atoms with Crippen molar-refractivity contribution in [3.8, 4) is 5.75 Å². The number of aliphatic hydroxyl groups is 1. The van der Waals surface area contributed by atoms with E-state index in [1.807, 2.05) is 0 Å². The number of nitrogens with one attached hydrogen (secondary N) is 1. The maximum absolute atomic E-state index is 13.9. The molecule has 2 aromatic rings. The van der Waals surface area contributed by atoms with Crippen LogP contribution in [0.5, 0.6) is 5.75 Å². The van der Waals surface area contributed by atoms with Gasteiger partial charge in [-0.25, -0.2) is 8.78 Å². The van der Waals surface area contributed by atoms with Gasteiger partial charge in [0.1, 0.15) is 17.2 Å². The lowest BCUT2D eigenvalue weighted by Gasteiger charge is -2.34. The van der Waals surface area contributed by atoms with Gasteiger partial charge in [0.25, 0.3) is 11.8 Å². The maximum atomic E-state index is 13.9. The molecule has 2 aliphatic heterocycles. The van der Waals surface area contributed by atoms with Crippen molar-refractivity contribution in [1.82, 2.24) is 14.8 Å². The summed E-state index contributed by atoms with van der Waals surface area (Å²) >= 11 is 0. The number of carbonyl (C=O) groups is 2. The number of aliphatic hydroxyl groups excluding tert-OH is 1. The number of hydrogen-bond donors (Lipinski definition) is 2. The Bertz CT molecular complexity index is 1150. The molecule has 0 bridgehead atoms. The zero-order valence-corrected chi connectivity index (χ0v) is 16.9. The quantitative estimate of drug-likeness (QED) is 0.745. The fourth-order valence-electron chi connectivity index (χ4n) is 4.32. The number of nitrogens with zero attached hydrogens (tertiary/aromatic N) is 2. The fourth-order valence-corrected chi connectivity index (χ4v) is 4.32. The first-order valence-electron chi connectivity index (χ1n) is 9.84. The predicted octanol–water partition coefficient (Wildman–Crippen LogP) is 1.52. The summed E-state index contributed by atoms with van der Waals surface area (Å²) in [5.41, 5.74) is -1.09. The number of ether oxygens (including phenoxy) is 1. The van der Waals surface area contributed by atoms with Crippen molar-refractivity contribution in [3.63, 3.8) is 0 Å². The summed E-state index contributed by atoms with van der Waals surface area (Å²) in [6.07, 6.45) is -0.897. The average molecular weight is 433 g/mol. The van der Waals surface area contributed by atoms with Crippen LogP contribution in [0.25, 0.3) is 0 Å². The molecule has 0 radical (unpaired) electrons. The molecular weight excluding hydrogens is 412 g/mol. The number of pyridine rings is 1. The third-order valence-corrected chi connectivity index (χ3v) is 5.77. The lowest BCUT2D eigenvalue weighted by Crippen LogP contribution is -2.44. The van der Waals surface area contributed by atoms with Gasteiger partial charge in [-0.05, 0) is 13.0 Å². The van der Waals surface area contributed by atoms with Crippen LogP contribution >= 0.6 is 0 Å².